The molecule has 0 aromatic heterocycles. The number of carbonyl (C=O) groups is 3. The van der Waals surface area contributed by atoms with Gasteiger partial charge in [-0.2, -0.15) is 0 Å². The van der Waals surface area contributed by atoms with Gasteiger partial charge in [0, 0.05) is 0 Å². The number of fused-ring (bicyclic) bond motifs is 1. The number of nitrogens with one attached hydrogen (secondary N) is 1. The second-order valence-corrected chi connectivity index (χ2v) is 10.3. The van der Waals surface area contributed by atoms with Crippen LogP contribution in [0.5, 0.6) is 0 Å². The van der Waals surface area contributed by atoms with E-state index in [1.165, 1.54) is 24.0 Å². The van der Waals surface area contributed by atoms with Crippen LogP contribution in [0, 0.1) is 6.92 Å². The summed E-state index contributed by atoms with van der Waals surface area (Å²) in [5.41, 5.74) is 0.687. The minimum absolute atomic E-state index is 0.123. The first-order valence-corrected chi connectivity index (χ1v) is 11.8. The number of anilines is 2. The molecule has 1 aliphatic rings. The number of ether oxygens (including phenoxy) is 1. The highest BCUT2D eigenvalue weighted by Gasteiger charge is 2.45. The summed E-state index contributed by atoms with van der Waals surface area (Å²) in [5, 5.41) is 2.76. The third-order valence-electron chi connectivity index (χ3n) is 5.34. The lowest BCUT2D eigenvalue weighted by Crippen LogP contribution is -2.60. The molecule has 0 unspecified atom stereocenters. The zero-order valence-corrected chi connectivity index (χ0v) is 19.2. The van der Waals surface area contributed by atoms with Gasteiger partial charge in [-0.3, -0.25) is 19.3 Å². The van der Waals surface area contributed by atoms with Crippen molar-refractivity contribution in [1.82, 2.24) is 0 Å². The van der Waals surface area contributed by atoms with Crippen LogP contribution < -0.4 is 10.2 Å². The van der Waals surface area contributed by atoms with E-state index >= 15 is 0 Å². The van der Waals surface area contributed by atoms with Crippen molar-refractivity contribution in [3.63, 3.8) is 0 Å². The van der Waals surface area contributed by atoms with Crippen molar-refractivity contribution < 1.29 is 27.5 Å². The SMILES string of the molecule is Cc1ccc(S(=O)(=O)CCC(=O)O[C@H](C)C(=O)N2c3ccccc3NC(=O)C2(C)C)cc1. The normalized spacial score (nSPS) is 16.0. The first kappa shape index (κ1) is 23.5. The summed E-state index contributed by atoms with van der Waals surface area (Å²) in [4.78, 5) is 39.4. The van der Waals surface area contributed by atoms with E-state index in [2.05, 4.69) is 5.32 Å². The van der Waals surface area contributed by atoms with E-state index in [0.717, 1.165) is 5.56 Å². The summed E-state index contributed by atoms with van der Waals surface area (Å²) < 4.78 is 30.1. The molecular formula is C23H26N2O6S. The van der Waals surface area contributed by atoms with E-state index in [1.807, 2.05) is 6.92 Å². The second-order valence-electron chi connectivity index (χ2n) is 8.22. The van der Waals surface area contributed by atoms with E-state index < -0.39 is 45.5 Å². The van der Waals surface area contributed by atoms with Crippen LogP contribution in [0.25, 0.3) is 0 Å². The molecule has 8 nitrogen and oxygen atoms in total. The van der Waals surface area contributed by atoms with Crippen LogP contribution in [-0.2, 0) is 29.0 Å². The van der Waals surface area contributed by atoms with E-state index in [4.69, 9.17) is 4.74 Å². The highest BCUT2D eigenvalue weighted by molar-refractivity contribution is 7.91. The van der Waals surface area contributed by atoms with Crippen molar-refractivity contribution in [3.05, 3.63) is 54.1 Å². The number of esters is 1. The third kappa shape index (κ3) is 4.67. The fourth-order valence-corrected chi connectivity index (χ4v) is 4.64. The van der Waals surface area contributed by atoms with Crippen LogP contribution in [0.15, 0.2) is 53.4 Å². The fraction of sp³-hybridized carbons (Fsp3) is 0.348. The van der Waals surface area contributed by atoms with Crippen molar-refractivity contribution in [1.29, 1.82) is 0 Å². The maximum Gasteiger partial charge on any atom is 0.307 e. The Hall–Kier alpha value is -3.20. The zero-order chi connectivity index (χ0) is 23.7. The molecule has 1 atom stereocenters. The van der Waals surface area contributed by atoms with Crippen molar-refractivity contribution in [2.24, 2.45) is 0 Å². The lowest BCUT2D eigenvalue weighted by molar-refractivity contribution is -0.154. The lowest BCUT2D eigenvalue weighted by atomic mass is 9.95. The van der Waals surface area contributed by atoms with Gasteiger partial charge in [0.25, 0.3) is 5.91 Å². The molecule has 0 bridgehead atoms. The van der Waals surface area contributed by atoms with Crippen LogP contribution >= 0.6 is 0 Å². The molecule has 2 amide bonds. The van der Waals surface area contributed by atoms with Gasteiger partial charge >= 0.3 is 5.97 Å². The van der Waals surface area contributed by atoms with E-state index in [0.29, 0.717) is 11.4 Å². The molecule has 3 rings (SSSR count). The molecule has 9 heteroatoms. The van der Waals surface area contributed by atoms with Gasteiger partial charge in [-0.15, -0.1) is 0 Å². The number of hydrogen-bond acceptors (Lipinski definition) is 6. The number of sulfone groups is 1. The van der Waals surface area contributed by atoms with Crippen LogP contribution in [0.1, 0.15) is 32.8 Å². The zero-order valence-electron chi connectivity index (χ0n) is 18.4. The van der Waals surface area contributed by atoms with Crippen molar-refractivity contribution in [3.8, 4) is 0 Å². The number of rotatable bonds is 6. The number of para-hydroxylation sites is 2. The number of amides is 2. The maximum absolute atomic E-state index is 13.2. The van der Waals surface area contributed by atoms with Crippen molar-refractivity contribution >= 4 is 39.0 Å². The smallest absolute Gasteiger partial charge is 0.307 e. The molecule has 0 radical (unpaired) electrons. The molecule has 0 aliphatic carbocycles. The number of hydrogen-bond donors (Lipinski definition) is 1. The monoisotopic (exact) mass is 458 g/mol. The second kappa shape index (κ2) is 8.74. The quantitative estimate of drug-likeness (QED) is 0.667. The molecule has 0 saturated carbocycles. The molecule has 0 fully saturated rings. The Morgan fingerprint density at radius 1 is 1.09 bits per heavy atom. The van der Waals surface area contributed by atoms with Gasteiger partial charge in [0.1, 0.15) is 5.54 Å². The first-order chi connectivity index (χ1) is 14.9. The van der Waals surface area contributed by atoms with Crippen LogP contribution in [0.4, 0.5) is 11.4 Å². The predicted octanol–water partition coefficient (Wildman–Crippen LogP) is 2.85. The summed E-state index contributed by atoms with van der Waals surface area (Å²) >= 11 is 0. The summed E-state index contributed by atoms with van der Waals surface area (Å²) in [6, 6.07) is 13.2. The molecule has 0 spiro atoms. The molecule has 1 aliphatic heterocycles. The third-order valence-corrected chi connectivity index (χ3v) is 7.07. The Kier molecular flexibility index (Phi) is 6.41. The van der Waals surface area contributed by atoms with Gasteiger partial charge < -0.3 is 10.1 Å². The van der Waals surface area contributed by atoms with E-state index in [1.54, 1.807) is 50.2 Å². The maximum atomic E-state index is 13.2. The van der Waals surface area contributed by atoms with Crippen molar-refractivity contribution in [2.45, 2.75) is 50.7 Å². The van der Waals surface area contributed by atoms with Gasteiger partial charge in [0.05, 0.1) is 28.4 Å². The highest BCUT2D eigenvalue weighted by Crippen LogP contribution is 2.37. The molecule has 2 aromatic rings. The number of aryl methyl sites for hydroxylation is 1. The number of nitrogens with zero attached hydrogens (tertiary/aromatic N) is 1. The molecular weight excluding hydrogens is 432 g/mol. The largest absolute Gasteiger partial charge is 0.452 e. The highest BCUT2D eigenvalue weighted by atomic mass is 32.2. The predicted molar refractivity (Wildman–Crippen MR) is 120 cm³/mol. The first-order valence-electron chi connectivity index (χ1n) is 10.2. The summed E-state index contributed by atoms with van der Waals surface area (Å²) in [6.45, 7) is 6.44. The Labute approximate surface area is 187 Å². The fourth-order valence-electron chi connectivity index (χ4n) is 3.42. The molecule has 0 saturated heterocycles. The minimum atomic E-state index is -3.66. The van der Waals surface area contributed by atoms with Gasteiger partial charge in [-0.05, 0) is 52.0 Å². The molecule has 32 heavy (non-hydrogen) atoms. The Balaban J connectivity index is 1.69. The topological polar surface area (TPSA) is 110 Å². The molecule has 1 N–H and O–H groups in total. The van der Waals surface area contributed by atoms with E-state index in [9.17, 15) is 22.8 Å². The van der Waals surface area contributed by atoms with Gasteiger partial charge in [0.2, 0.25) is 5.91 Å². The average Bonchev–Trinajstić information content (AvgIpc) is 2.73. The van der Waals surface area contributed by atoms with Crippen LogP contribution in [0.3, 0.4) is 0 Å². The van der Waals surface area contributed by atoms with Gasteiger partial charge in [-0.1, -0.05) is 29.8 Å². The lowest BCUT2D eigenvalue weighted by Gasteiger charge is -2.42. The Morgan fingerprint density at radius 3 is 2.38 bits per heavy atom. The molecule has 2 aromatic carbocycles. The van der Waals surface area contributed by atoms with Crippen LogP contribution in [-0.4, -0.2) is 43.6 Å². The Morgan fingerprint density at radius 2 is 1.72 bits per heavy atom. The summed E-state index contributed by atoms with van der Waals surface area (Å²) in [5.74, 6) is -2.19. The minimum Gasteiger partial charge on any atom is -0.452 e. The molecule has 170 valence electrons. The molecule has 1 heterocycles. The Bertz CT molecular complexity index is 1160. The number of benzene rings is 2. The number of carbonyl (C=O) groups excluding carboxylic acids is 3. The van der Waals surface area contributed by atoms with Gasteiger partial charge in [-0.25, -0.2) is 8.42 Å². The van der Waals surface area contributed by atoms with Gasteiger partial charge in [0.15, 0.2) is 15.9 Å². The van der Waals surface area contributed by atoms with E-state index in [-0.39, 0.29) is 10.8 Å². The summed E-state index contributed by atoms with van der Waals surface area (Å²) in [7, 11) is -3.66. The van der Waals surface area contributed by atoms with Crippen molar-refractivity contribution in [2.75, 3.05) is 16.0 Å². The standard InChI is InChI=1S/C23H26N2O6S/c1-15-9-11-17(12-10-15)32(29,30)14-13-20(26)31-16(2)21(27)25-19-8-6-5-7-18(19)24-22(28)23(25,3)4/h5-12,16H,13-14H2,1-4H3,(H,24,28)/t16-/m1/s1. The van der Waals surface area contributed by atoms with Crippen LogP contribution in [0.2, 0.25) is 0 Å². The average molecular weight is 459 g/mol. The summed E-state index contributed by atoms with van der Waals surface area (Å²) in [6.07, 6.45) is -1.60.